The number of hydrogen-bond donors (Lipinski definition) is 2. The van der Waals surface area contributed by atoms with Crippen LogP contribution in [0, 0.1) is 0 Å². The number of rotatable bonds is 2. The summed E-state index contributed by atoms with van der Waals surface area (Å²) in [6, 6.07) is 5.77. The Morgan fingerprint density at radius 3 is 2.77 bits per heavy atom. The maximum absolute atomic E-state index is 11.9. The number of primary amides is 1. The molecule has 1 aliphatic carbocycles. The molecule has 2 aromatic rings. The summed E-state index contributed by atoms with van der Waals surface area (Å²) < 4.78 is 0. The number of carbonyl (C=O) groups is 2. The summed E-state index contributed by atoms with van der Waals surface area (Å²) in [5.41, 5.74) is 9.11. The maximum atomic E-state index is 11.9. The molecule has 0 saturated carbocycles. The maximum Gasteiger partial charge on any atom is 0.252 e. The van der Waals surface area contributed by atoms with Crippen LogP contribution in [0.2, 0.25) is 5.02 Å². The Kier molecular flexibility index (Phi) is 3.70. The third-order valence-electron chi connectivity index (χ3n) is 3.84. The van der Waals surface area contributed by atoms with Crippen molar-refractivity contribution in [3.05, 3.63) is 39.9 Å². The summed E-state index contributed by atoms with van der Waals surface area (Å²) in [5, 5.41) is 3.95. The highest BCUT2D eigenvalue weighted by Crippen LogP contribution is 2.48. The summed E-state index contributed by atoms with van der Waals surface area (Å²) in [6.45, 7) is 3.51. The molecule has 0 spiro atoms. The number of anilines is 1. The minimum Gasteiger partial charge on any atom is -0.365 e. The molecule has 0 aliphatic heterocycles. The van der Waals surface area contributed by atoms with Gasteiger partial charge in [-0.3, -0.25) is 9.59 Å². The summed E-state index contributed by atoms with van der Waals surface area (Å²) in [5.74, 6) is -0.490. The van der Waals surface area contributed by atoms with Gasteiger partial charge in [-0.1, -0.05) is 24.6 Å². The van der Waals surface area contributed by atoms with E-state index in [2.05, 4.69) is 12.2 Å². The zero-order chi connectivity index (χ0) is 16.0. The molecule has 1 atom stereocenters. The average Bonchev–Trinajstić information content (AvgIpc) is 2.76. The lowest BCUT2D eigenvalue weighted by atomic mass is 9.82. The zero-order valence-corrected chi connectivity index (χ0v) is 13.8. The second-order valence-electron chi connectivity index (χ2n) is 5.50. The molecule has 0 radical (unpaired) electrons. The lowest BCUT2D eigenvalue weighted by Gasteiger charge is -2.23. The first-order chi connectivity index (χ1) is 10.4. The van der Waals surface area contributed by atoms with Gasteiger partial charge in [0.1, 0.15) is 5.00 Å². The number of nitrogens with one attached hydrogen (secondary N) is 1. The molecule has 0 fully saturated rings. The van der Waals surface area contributed by atoms with Gasteiger partial charge in [0.15, 0.2) is 0 Å². The fraction of sp³-hybridized carbons (Fsp3) is 0.250. The van der Waals surface area contributed by atoms with E-state index in [0.29, 0.717) is 22.0 Å². The summed E-state index contributed by atoms with van der Waals surface area (Å²) in [6.07, 6.45) is 0.705. The predicted octanol–water partition coefficient (Wildman–Crippen LogP) is 3.79. The monoisotopic (exact) mass is 334 g/mol. The molecule has 1 aliphatic rings. The van der Waals surface area contributed by atoms with Crippen molar-refractivity contribution in [2.45, 2.75) is 26.2 Å². The standard InChI is InChI=1S/C16H15ClN2O2S/c1-7-5-12-13(15(18)21)16(19-8(2)20)22-14(12)10-4-3-9(17)6-11(7)10/h3-4,6-7H,5H2,1-2H3,(H2,18,21)(H,19,20). The Bertz CT molecular complexity index is 798. The van der Waals surface area contributed by atoms with Crippen LogP contribution in [0.15, 0.2) is 18.2 Å². The van der Waals surface area contributed by atoms with E-state index >= 15 is 0 Å². The number of carbonyl (C=O) groups excluding carboxylic acids is 2. The first-order valence-electron chi connectivity index (χ1n) is 6.91. The molecular formula is C16H15ClN2O2S. The van der Waals surface area contributed by atoms with E-state index in [0.717, 1.165) is 21.6 Å². The number of amides is 2. The van der Waals surface area contributed by atoms with Gasteiger partial charge in [-0.05, 0) is 41.2 Å². The number of fused-ring (bicyclic) bond motifs is 3. The number of halogens is 1. The number of nitrogens with two attached hydrogens (primary N) is 1. The molecule has 1 aromatic heterocycles. The van der Waals surface area contributed by atoms with Crippen LogP contribution in [0.25, 0.3) is 10.4 Å². The van der Waals surface area contributed by atoms with Gasteiger partial charge < -0.3 is 11.1 Å². The van der Waals surface area contributed by atoms with Crippen molar-refractivity contribution >= 4 is 39.8 Å². The van der Waals surface area contributed by atoms with Crippen molar-refractivity contribution < 1.29 is 9.59 Å². The minimum atomic E-state index is -0.508. The van der Waals surface area contributed by atoms with Crippen LogP contribution in [0.3, 0.4) is 0 Å². The molecule has 3 N–H and O–H groups in total. The number of thiophene rings is 1. The van der Waals surface area contributed by atoms with Crippen molar-refractivity contribution in [1.29, 1.82) is 0 Å². The Balaban J connectivity index is 2.25. The Morgan fingerprint density at radius 2 is 2.14 bits per heavy atom. The molecule has 22 heavy (non-hydrogen) atoms. The quantitative estimate of drug-likeness (QED) is 0.877. The van der Waals surface area contributed by atoms with Crippen LogP contribution < -0.4 is 11.1 Å². The molecule has 2 amide bonds. The van der Waals surface area contributed by atoms with Crippen molar-refractivity contribution in [1.82, 2.24) is 0 Å². The van der Waals surface area contributed by atoms with Crippen LogP contribution in [0.4, 0.5) is 5.00 Å². The largest absolute Gasteiger partial charge is 0.365 e. The van der Waals surface area contributed by atoms with E-state index in [1.165, 1.54) is 18.3 Å². The first-order valence-corrected chi connectivity index (χ1v) is 8.10. The fourth-order valence-corrected chi connectivity index (χ4v) is 4.46. The molecule has 4 nitrogen and oxygen atoms in total. The van der Waals surface area contributed by atoms with Gasteiger partial charge in [0.25, 0.3) is 5.91 Å². The molecule has 0 bridgehead atoms. The lowest BCUT2D eigenvalue weighted by molar-refractivity contribution is -0.114. The summed E-state index contributed by atoms with van der Waals surface area (Å²) >= 11 is 7.49. The molecule has 0 saturated heterocycles. The van der Waals surface area contributed by atoms with E-state index in [4.69, 9.17) is 17.3 Å². The molecule has 1 aromatic carbocycles. The molecule has 6 heteroatoms. The van der Waals surface area contributed by atoms with Gasteiger partial charge in [-0.2, -0.15) is 0 Å². The average molecular weight is 335 g/mol. The van der Waals surface area contributed by atoms with E-state index < -0.39 is 5.91 Å². The highest BCUT2D eigenvalue weighted by Gasteiger charge is 2.30. The van der Waals surface area contributed by atoms with E-state index in [1.807, 2.05) is 18.2 Å². The predicted molar refractivity (Wildman–Crippen MR) is 89.7 cm³/mol. The zero-order valence-electron chi connectivity index (χ0n) is 12.2. The van der Waals surface area contributed by atoms with E-state index in [9.17, 15) is 9.59 Å². The summed E-state index contributed by atoms with van der Waals surface area (Å²) in [7, 11) is 0. The normalized spacial score (nSPS) is 15.9. The van der Waals surface area contributed by atoms with Gasteiger partial charge in [-0.15, -0.1) is 11.3 Å². The minimum absolute atomic E-state index is 0.217. The van der Waals surface area contributed by atoms with Gasteiger partial charge in [0, 0.05) is 16.8 Å². The summed E-state index contributed by atoms with van der Waals surface area (Å²) in [4.78, 5) is 24.2. The SMILES string of the molecule is CC(=O)Nc1sc2c(c1C(N)=O)CC(C)c1cc(Cl)ccc1-2. The van der Waals surface area contributed by atoms with Gasteiger partial charge in [0.2, 0.25) is 5.91 Å². The Morgan fingerprint density at radius 1 is 1.41 bits per heavy atom. The first kappa shape index (κ1) is 15.1. The van der Waals surface area contributed by atoms with Crippen LogP contribution in [-0.2, 0) is 11.2 Å². The number of hydrogen-bond acceptors (Lipinski definition) is 3. The topological polar surface area (TPSA) is 72.2 Å². The third kappa shape index (κ3) is 2.40. The molecule has 1 unspecified atom stereocenters. The van der Waals surface area contributed by atoms with E-state index in [-0.39, 0.29) is 11.8 Å². The second-order valence-corrected chi connectivity index (χ2v) is 6.95. The molecule has 114 valence electrons. The van der Waals surface area contributed by atoms with Crippen LogP contribution in [0.5, 0.6) is 0 Å². The van der Waals surface area contributed by atoms with Gasteiger partial charge in [0.05, 0.1) is 5.56 Å². The van der Waals surface area contributed by atoms with Crippen LogP contribution in [-0.4, -0.2) is 11.8 Å². The third-order valence-corrected chi connectivity index (χ3v) is 5.26. The van der Waals surface area contributed by atoms with Crippen molar-refractivity contribution in [2.24, 2.45) is 5.73 Å². The number of benzene rings is 1. The highest BCUT2D eigenvalue weighted by atomic mass is 35.5. The van der Waals surface area contributed by atoms with Gasteiger partial charge >= 0.3 is 0 Å². The van der Waals surface area contributed by atoms with E-state index in [1.54, 1.807) is 0 Å². The molecule has 1 heterocycles. The smallest absolute Gasteiger partial charge is 0.252 e. The van der Waals surface area contributed by atoms with Gasteiger partial charge in [-0.25, -0.2) is 0 Å². The van der Waals surface area contributed by atoms with Crippen LogP contribution in [0.1, 0.15) is 41.3 Å². The molecular weight excluding hydrogens is 320 g/mol. The fourth-order valence-electron chi connectivity index (χ4n) is 2.95. The van der Waals surface area contributed by atoms with Crippen molar-refractivity contribution in [3.63, 3.8) is 0 Å². The van der Waals surface area contributed by atoms with Crippen LogP contribution >= 0.6 is 22.9 Å². The van der Waals surface area contributed by atoms with Crippen molar-refractivity contribution in [3.8, 4) is 10.4 Å². The van der Waals surface area contributed by atoms with Crippen molar-refractivity contribution in [2.75, 3.05) is 5.32 Å². The second kappa shape index (κ2) is 5.41. The highest BCUT2D eigenvalue weighted by molar-refractivity contribution is 7.20. The molecule has 3 rings (SSSR count). The lowest BCUT2D eigenvalue weighted by Crippen LogP contribution is -2.18. The Hall–Kier alpha value is -1.85. The Labute approximate surface area is 137 Å².